The summed E-state index contributed by atoms with van der Waals surface area (Å²) in [6.45, 7) is 6.64. The fourth-order valence-electron chi connectivity index (χ4n) is 1.52. The van der Waals surface area contributed by atoms with Crippen LogP contribution in [0, 0.1) is 5.92 Å². The number of rotatable bonds is 5. The van der Waals surface area contributed by atoms with Gasteiger partial charge < -0.3 is 11.1 Å². The number of nitrogens with two attached hydrogens (primary N) is 1. The average molecular weight is 170 g/mol. The second-order valence-corrected chi connectivity index (χ2v) is 4.36. The lowest BCUT2D eigenvalue weighted by Gasteiger charge is -2.38. The molecule has 1 saturated carbocycles. The zero-order valence-electron chi connectivity index (χ0n) is 8.40. The van der Waals surface area contributed by atoms with Crippen molar-refractivity contribution in [2.45, 2.75) is 45.1 Å². The maximum atomic E-state index is 6.07. The van der Waals surface area contributed by atoms with Crippen LogP contribution in [0.4, 0.5) is 0 Å². The Kier molecular flexibility index (Phi) is 3.53. The van der Waals surface area contributed by atoms with E-state index in [9.17, 15) is 0 Å². The lowest BCUT2D eigenvalue weighted by Crippen LogP contribution is -2.54. The Labute approximate surface area is 75.9 Å². The summed E-state index contributed by atoms with van der Waals surface area (Å²) in [4.78, 5) is 0. The van der Waals surface area contributed by atoms with Crippen molar-refractivity contribution in [2.75, 3.05) is 13.1 Å². The molecular weight excluding hydrogens is 148 g/mol. The second-order valence-electron chi connectivity index (χ2n) is 4.36. The van der Waals surface area contributed by atoms with Crippen LogP contribution in [0.25, 0.3) is 0 Å². The van der Waals surface area contributed by atoms with Gasteiger partial charge in [-0.2, -0.15) is 0 Å². The lowest BCUT2D eigenvalue weighted by molar-refractivity contribution is 0.235. The number of hydrogen-bond acceptors (Lipinski definition) is 2. The zero-order chi connectivity index (χ0) is 9.03. The summed E-state index contributed by atoms with van der Waals surface area (Å²) in [6, 6.07) is 0. The smallest absolute Gasteiger partial charge is 0.0280 e. The van der Waals surface area contributed by atoms with E-state index in [1.807, 2.05) is 0 Å². The fourth-order valence-corrected chi connectivity index (χ4v) is 1.52. The minimum absolute atomic E-state index is 0.146. The molecule has 0 aliphatic heterocycles. The number of hydrogen-bond donors (Lipinski definition) is 2. The normalized spacial score (nSPS) is 23.2. The Morgan fingerprint density at radius 2 is 2.17 bits per heavy atom. The van der Waals surface area contributed by atoms with Crippen LogP contribution < -0.4 is 11.1 Å². The SMILES string of the molecule is CCC(C)CNCC1(N)CCC1. The van der Waals surface area contributed by atoms with E-state index in [0.29, 0.717) is 0 Å². The van der Waals surface area contributed by atoms with E-state index >= 15 is 0 Å². The highest BCUT2D eigenvalue weighted by Gasteiger charge is 2.31. The van der Waals surface area contributed by atoms with Crippen LogP contribution in [0.1, 0.15) is 39.5 Å². The molecule has 2 nitrogen and oxygen atoms in total. The van der Waals surface area contributed by atoms with Crippen molar-refractivity contribution >= 4 is 0 Å². The Morgan fingerprint density at radius 3 is 2.58 bits per heavy atom. The molecule has 0 spiro atoms. The van der Waals surface area contributed by atoms with E-state index in [2.05, 4.69) is 19.2 Å². The first-order valence-electron chi connectivity index (χ1n) is 5.16. The number of nitrogens with one attached hydrogen (secondary N) is 1. The Morgan fingerprint density at radius 1 is 1.50 bits per heavy atom. The predicted molar refractivity (Wildman–Crippen MR) is 53.1 cm³/mol. The van der Waals surface area contributed by atoms with Crippen molar-refractivity contribution in [3.63, 3.8) is 0 Å². The second kappa shape index (κ2) is 4.24. The first-order valence-corrected chi connectivity index (χ1v) is 5.16. The van der Waals surface area contributed by atoms with Crippen LogP contribution in [-0.2, 0) is 0 Å². The van der Waals surface area contributed by atoms with Crippen LogP contribution in [0.3, 0.4) is 0 Å². The zero-order valence-corrected chi connectivity index (χ0v) is 8.40. The van der Waals surface area contributed by atoms with Crippen LogP contribution in [0.15, 0.2) is 0 Å². The van der Waals surface area contributed by atoms with E-state index in [1.165, 1.54) is 25.7 Å². The van der Waals surface area contributed by atoms with Gasteiger partial charge in [0.1, 0.15) is 0 Å². The van der Waals surface area contributed by atoms with Crippen molar-refractivity contribution in [3.8, 4) is 0 Å². The van der Waals surface area contributed by atoms with Gasteiger partial charge in [0, 0.05) is 12.1 Å². The molecule has 3 N–H and O–H groups in total. The summed E-state index contributed by atoms with van der Waals surface area (Å²) in [5.74, 6) is 0.786. The summed E-state index contributed by atoms with van der Waals surface area (Å²) >= 11 is 0. The third-order valence-electron chi connectivity index (χ3n) is 3.02. The molecule has 0 radical (unpaired) electrons. The standard InChI is InChI=1S/C10H22N2/c1-3-9(2)7-12-8-10(11)5-4-6-10/h9,12H,3-8,11H2,1-2H3. The third-order valence-corrected chi connectivity index (χ3v) is 3.02. The minimum Gasteiger partial charge on any atom is -0.324 e. The van der Waals surface area contributed by atoms with Gasteiger partial charge in [0.15, 0.2) is 0 Å². The average Bonchev–Trinajstić information content (AvgIpc) is 2.01. The van der Waals surface area contributed by atoms with Gasteiger partial charge in [-0.25, -0.2) is 0 Å². The first-order chi connectivity index (χ1) is 5.66. The van der Waals surface area contributed by atoms with Crippen molar-refractivity contribution < 1.29 is 0 Å². The van der Waals surface area contributed by atoms with Gasteiger partial charge in [0.2, 0.25) is 0 Å². The maximum absolute atomic E-state index is 6.07. The molecule has 1 aliphatic carbocycles. The Balaban J connectivity index is 2.01. The highest BCUT2D eigenvalue weighted by atomic mass is 14.9. The molecule has 1 rings (SSSR count). The molecule has 0 aromatic carbocycles. The minimum atomic E-state index is 0.146. The summed E-state index contributed by atoms with van der Waals surface area (Å²) in [5.41, 5.74) is 6.21. The molecule has 72 valence electrons. The van der Waals surface area contributed by atoms with Crippen molar-refractivity contribution in [1.29, 1.82) is 0 Å². The van der Waals surface area contributed by atoms with E-state index in [1.54, 1.807) is 0 Å². The molecule has 12 heavy (non-hydrogen) atoms. The van der Waals surface area contributed by atoms with E-state index in [-0.39, 0.29) is 5.54 Å². The van der Waals surface area contributed by atoms with Gasteiger partial charge in [0.25, 0.3) is 0 Å². The Hall–Kier alpha value is -0.0800. The van der Waals surface area contributed by atoms with Crippen LogP contribution >= 0.6 is 0 Å². The molecule has 2 heteroatoms. The van der Waals surface area contributed by atoms with Gasteiger partial charge in [-0.1, -0.05) is 20.3 Å². The molecule has 1 aliphatic rings. The van der Waals surface area contributed by atoms with Crippen LogP contribution in [-0.4, -0.2) is 18.6 Å². The summed E-state index contributed by atoms with van der Waals surface area (Å²) in [5, 5.41) is 3.45. The van der Waals surface area contributed by atoms with Crippen LogP contribution in [0.5, 0.6) is 0 Å². The van der Waals surface area contributed by atoms with Gasteiger partial charge in [-0.05, 0) is 31.7 Å². The van der Waals surface area contributed by atoms with E-state index in [0.717, 1.165) is 19.0 Å². The van der Waals surface area contributed by atoms with Crippen molar-refractivity contribution in [3.05, 3.63) is 0 Å². The molecule has 0 amide bonds. The summed E-state index contributed by atoms with van der Waals surface area (Å²) in [7, 11) is 0. The van der Waals surface area contributed by atoms with E-state index in [4.69, 9.17) is 5.73 Å². The molecule has 0 aromatic rings. The summed E-state index contributed by atoms with van der Waals surface area (Å²) in [6.07, 6.45) is 4.99. The molecule has 0 saturated heterocycles. The molecule has 1 fully saturated rings. The van der Waals surface area contributed by atoms with Gasteiger partial charge >= 0.3 is 0 Å². The quantitative estimate of drug-likeness (QED) is 0.656. The highest BCUT2D eigenvalue weighted by molar-refractivity contribution is 4.94. The molecule has 0 heterocycles. The first kappa shape index (κ1) is 10.0. The van der Waals surface area contributed by atoms with Crippen molar-refractivity contribution in [1.82, 2.24) is 5.32 Å². The fraction of sp³-hybridized carbons (Fsp3) is 1.00. The third kappa shape index (κ3) is 2.76. The van der Waals surface area contributed by atoms with Gasteiger partial charge in [0.05, 0.1) is 0 Å². The highest BCUT2D eigenvalue weighted by Crippen LogP contribution is 2.27. The molecular formula is C10H22N2. The van der Waals surface area contributed by atoms with Gasteiger partial charge in [-0.3, -0.25) is 0 Å². The predicted octanol–water partition coefficient (Wildman–Crippen LogP) is 1.50. The molecule has 0 aromatic heterocycles. The Bertz CT molecular complexity index is 130. The monoisotopic (exact) mass is 170 g/mol. The summed E-state index contributed by atoms with van der Waals surface area (Å²) < 4.78 is 0. The largest absolute Gasteiger partial charge is 0.324 e. The molecule has 1 unspecified atom stereocenters. The van der Waals surface area contributed by atoms with Gasteiger partial charge in [-0.15, -0.1) is 0 Å². The van der Waals surface area contributed by atoms with Crippen LogP contribution in [0.2, 0.25) is 0 Å². The lowest BCUT2D eigenvalue weighted by atomic mass is 9.78. The van der Waals surface area contributed by atoms with Crippen molar-refractivity contribution in [2.24, 2.45) is 11.7 Å². The molecule has 1 atom stereocenters. The topological polar surface area (TPSA) is 38.0 Å². The van der Waals surface area contributed by atoms with E-state index < -0.39 is 0 Å². The molecule has 0 bridgehead atoms. The maximum Gasteiger partial charge on any atom is 0.0280 e.